The highest BCUT2D eigenvalue weighted by Gasteiger charge is 2.44. The van der Waals surface area contributed by atoms with Crippen molar-refractivity contribution in [1.29, 1.82) is 0 Å². The molecule has 6 atom stereocenters. The maximum Gasteiger partial charge on any atom is 0.306 e. The quantitative estimate of drug-likeness (QED) is 0.0268. The Bertz CT molecular complexity index is 1500. The van der Waals surface area contributed by atoms with Crippen molar-refractivity contribution in [3.63, 3.8) is 0 Å². The Morgan fingerprint density at radius 1 is 0.471 bits per heavy atom. The van der Waals surface area contributed by atoms with Crippen LogP contribution in [0.4, 0.5) is 0 Å². The molecule has 384 valence electrons. The third-order valence-corrected chi connectivity index (χ3v) is 11.1. The lowest BCUT2D eigenvalue weighted by Gasteiger charge is -2.39. The van der Waals surface area contributed by atoms with Crippen LogP contribution in [-0.4, -0.2) is 89.6 Å². The van der Waals surface area contributed by atoms with Crippen molar-refractivity contribution < 1.29 is 44.2 Å². The molecule has 6 unspecified atom stereocenters. The number of rotatable bonds is 43. The maximum absolute atomic E-state index is 12.9. The van der Waals surface area contributed by atoms with E-state index in [-0.39, 0.29) is 25.6 Å². The van der Waals surface area contributed by atoms with E-state index in [1.54, 1.807) is 0 Å². The van der Waals surface area contributed by atoms with E-state index in [1.807, 2.05) is 0 Å². The number of ether oxygens (including phenoxy) is 4. The van der Waals surface area contributed by atoms with Gasteiger partial charge in [0.05, 0.1) is 19.8 Å². The Morgan fingerprint density at radius 3 is 1.28 bits per heavy atom. The molecule has 0 aromatic heterocycles. The fourth-order valence-corrected chi connectivity index (χ4v) is 7.05. The van der Waals surface area contributed by atoms with Crippen molar-refractivity contribution in [3.8, 4) is 0 Å². The third-order valence-electron chi connectivity index (χ3n) is 11.1. The van der Waals surface area contributed by atoms with E-state index in [4.69, 9.17) is 18.9 Å². The lowest BCUT2D eigenvalue weighted by atomic mass is 9.99. The van der Waals surface area contributed by atoms with Crippen molar-refractivity contribution in [2.75, 3.05) is 26.4 Å². The van der Waals surface area contributed by atoms with Gasteiger partial charge in [0.15, 0.2) is 6.29 Å². The summed E-state index contributed by atoms with van der Waals surface area (Å²) in [6, 6.07) is 0. The van der Waals surface area contributed by atoms with Gasteiger partial charge in [0.1, 0.15) is 30.5 Å². The van der Waals surface area contributed by atoms with Gasteiger partial charge in [-0.25, -0.2) is 0 Å². The van der Waals surface area contributed by atoms with Crippen molar-refractivity contribution in [1.82, 2.24) is 0 Å². The minimum Gasteiger partial charge on any atom is -0.457 e. The molecule has 0 spiro atoms. The molecule has 1 aliphatic heterocycles. The van der Waals surface area contributed by atoms with Gasteiger partial charge in [-0.2, -0.15) is 0 Å². The number of allylic oxidation sites excluding steroid dienone is 22. The summed E-state index contributed by atoms with van der Waals surface area (Å²) < 4.78 is 22.9. The summed E-state index contributed by atoms with van der Waals surface area (Å²) >= 11 is 0. The molecule has 1 heterocycles. The van der Waals surface area contributed by atoms with Crippen LogP contribution in [-0.2, 0) is 23.7 Å². The maximum atomic E-state index is 12.9. The molecule has 1 saturated heterocycles. The summed E-state index contributed by atoms with van der Waals surface area (Å²) in [4.78, 5) is 12.9. The second kappa shape index (κ2) is 48.4. The van der Waals surface area contributed by atoms with Crippen molar-refractivity contribution in [2.45, 2.75) is 205 Å². The number of hydrogen-bond donors (Lipinski definition) is 4. The van der Waals surface area contributed by atoms with Crippen LogP contribution < -0.4 is 0 Å². The monoisotopic (exact) mass is 947 g/mol. The Hall–Kier alpha value is -3.67. The minimum absolute atomic E-state index is 0.107. The normalized spacial score (nSPS) is 20.2. The summed E-state index contributed by atoms with van der Waals surface area (Å²) in [5.74, 6) is -0.343. The molecule has 9 heteroatoms. The molecule has 0 radical (unpaired) electrons. The van der Waals surface area contributed by atoms with Gasteiger partial charge in [0, 0.05) is 13.0 Å². The van der Waals surface area contributed by atoms with Crippen LogP contribution in [0.1, 0.15) is 168 Å². The second-order valence-electron chi connectivity index (χ2n) is 17.2. The first kappa shape index (κ1) is 62.3. The van der Waals surface area contributed by atoms with Crippen LogP contribution in [0.25, 0.3) is 0 Å². The lowest BCUT2D eigenvalue weighted by molar-refractivity contribution is -0.305. The Morgan fingerprint density at radius 2 is 0.853 bits per heavy atom. The summed E-state index contributed by atoms with van der Waals surface area (Å²) in [5, 5.41) is 40.3. The predicted octanol–water partition coefficient (Wildman–Crippen LogP) is 13.3. The largest absolute Gasteiger partial charge is 0.457 e. The van der Waals surface area contributed by atoms with E-state index in [1.165, 1.54) is 19.3 Å². The number of aliphatic hydroxyl groups excluding tert-OH is 4. The van der Waals surface area contributed by atoms with Gasteiger partial charge in [-0.3, -0.25) is 4.79 Å². The summed E-state index contributed by atoms with van der Waals surface area (Å²) in [5.41, 5.74) is 0. The highest BCUT2D eigenvalue weighted by atomic mass is 16.7. The number of carbonyl (C=O) groups excluding carboxylic acids is 1. The van der Waals surface area contributed by atoms with E-state index in [9.17, 15) is 25.2 Å². The molecule has 0 aromatic carbocycles. The van der Waals surface area contributed by atoms with E-state index in [0.717, 1.165) is 128 Å². The minimum atomic E-state index is -1.56. The number of carbonyl (C=O) groups is 1. The molecule has 0 amide bonds. The van der Waals surface area contributed by atoms with Gasteiger partial charge in [0.25, 0.3) is 0 Å². The first-order valence-electron chi connectivity index (χ1n) is 26.3. The van der Waals surface area contributed by atoms with E-state index < -0.39 is 43.4 Å². The first-order valence-corrected chi connectivity index (χ1v) is 26.3. The molecular weight excluding hydrogens is 853 g/mol. The van der Waals surface area contributed by atoms with Crippen molar-refractivity contribution in [3.05, 3.63) is 134 Å². The van der Waals surface area contributed by atoms with Crippen LogP contribution >= 0.6 is 0 Å². The summed E-state index contributed by atoms with van der Waals surface area (Å²) in [7, 11) is 0. The molecular formula is C59H94O9. The van der Waals surface area contributed by atoms with Gasteiger partial charge < -0.3 is 39.4 Å². The molecule has 0 saturated carbocycles. The fourth-order valence-electron chi connectivity index (χ4n) is 7.05. The Balaban J connectivity index is 2.26. The van der Waals surface area contributed by atoms with Gasteiger partial charge in [-0.05, 0) is 109 Å². The molecule has 1 aliphatic rings. The summed E-state index contributed by atoms with van der Waals surface area (Å²) in [6.07, 6.45) is 64.8. The van der Waals surface area contributed by atoms with Crippen molar-refractivity contribution >= 4 is 5.97 Å². The van der Waals surface area contributed by atoms with E-state index >= 15 is 0 Å². The molecule has 4 N–H and O–H groups in total. The standard InChI is InChI=1S/C59H94O9/c1-3-5-7-9-11-13-15-17-19-21-23-25-27-28-30-32-34-36-38-40-42-44-46-48-55(61)67-53(52-66-59-58(64)57(63)56(62)54(50-60)68-59)51-65-49-47-45-43-41-39-37-35-33-31-29-26-24-22-20-18-16-14-12-10-8-6-4-2/h5-8,11-14,17-20,23-26,28,30-31,33,37,39,53-54,56-60,62-64H,3-4,9-10,15-16,21-22,27,29,32,34-36,38,40-52H2,1-2H3/b7-5-,8-6-,13-11-,14-12-,19-17-,20-18-,25-23-,26-24-,30-28-,33-31-,39-37-. The smallest absolute Gasteiger partial charge is 0.306 e. The van der Waals surface area contributed by atoms with Crippen LogP contribution in [0.15, 0.2) is 134 Å². The molecule has 9 nitrogen and oxygen atoms in total. The zero-order valence-corrected chi connectivity index (χ0v) is 42.3. The molecule has 0 aliphatic carbocycles. The number of esters is 1. The first-order chi connectivity index (χ1) is 33.4. The Kier molecular flexibility index (Phi) is 44.3. The second-order valence-corrected chi connectivity index (χ2v) is 17.2. The number of hydrogen-bond acceptors (Lipinski definition) is 9. The van der Waals surface area contributed by atoms with Crippen molar-refractivity contribution in [2.24, 2.45) is 0 Å². The lowest BCUT2D eigenvalue weighted by Crippen LogP contribution is -2.59. The molecule has 68 heavy (non-hydrogen) atoms. The Labute approximate surface area is 413 Å². The highest BCUT2D eigenvalue weighted by molar-refractivity contribution is 5.69. The average Bonchev–Trinajstić information content (AvgIpc) is 3.34. The van der Waals surface area contributed by atoms with Crippen LogP contribution in [0.5, 0.6) is 0 Å². The summed E-state index contributed by atoms with van der Waals surface area (Å²) in [6.45, 7) is 4.21. The average molecular weight is 947 g/mol. The molecule has 0 aromatic rings. The third kappa shape index (κ3) is 38.2. The van der Waals surface area contributed by atoms with Crippen LogP contribution in [0.3, 0.4) is 0 Å². The predicted molar refractivity (Wildman–Crippen MR) is 283 cm³/mol. The van der Waals surface area contributed by atoms with Gasteiger partial charge >= 0.3 is 5.97 Å². The molecule has 1 fully saturated rings. The zero-order chi connectivity index (χ0) is 49.2. The molecule has 1 rings (SSSR count). The van der Waals surface area contributed by atoms with Gasteiger partial charge in [0.2, 0.25) is 0 Å². The van der Waals surface area contributed by atoms with E-state index in [2.05, 4.69) is 148 Å². The fraction of sp³-hybridized carbons (Fsp3) is 0.610. The highest BCUT2D eigenvalue weighted by Crippen LogP contribution is 2.22. The zero-order valence-electron chi connectivity index (χ0n) is 42.3. The van der Waals surface area contributed by atoms with Gasteiger partial charge in [-0.15, -0.1) is 0 Å². The number of unbranched alkanes of at least 4 members (excludes halogenated alkanes) is 10. The molecule has 0 bridgehead atoms. The number of aliphatic hydroxyl groups is 4. The van der Waals surface area contributed by atoms with Crippen LogP contribution in [0, 0.1) is 0 Å². The van der Waals surface area contributed by atoms with E-state index in [0.29, 0.717) is 6.61 Å². The SMILES string of the molecule is CC/C=C\C/C=C\C/C=C\C/C=C\C/C=C\C/C=C\CCCCCOCC(COC1OC(CO)C(O)C(O)C1O)OC(=O)CCCCCCCCC/C=C\C/C=C\C/C=C\C/C=C\C/C=C\CC. The van der Waals surface area contributed by atoms with Gasteiger partial charge in [-0.1, -0.05) is 186 Å². The van der Waals surface area contributed by atoms with Crippen LogP contribution in [0.2, 0.25) is 0 Å². The topological polar surface area (TPSA) is 135 Å².